The SMILES string of the molecule is CC/C=C\C/C=C\C/C=C\C/C=C\C/C=C\C/C=C\C/C=C\CCCCCCCC(=O)OC(COC(=O)CCCCCCCCCCCCCCC)COP(=O)(O)OCC[N+](C)(C)C. The molecular formula is C54H95NO8P+. The van der Waals surface area contributed by atoms with E-state index in [4.69, 9.17) is 18.5 Å². The van der Waals surface area contributed by atoms with Crippen molar-refractivity contribution >= 4 is 19.8 Å². The lowest BCUT2D eigenvalue weighted by atomic mass is 10.0. The molecule has 0 aliphatic rings. The van der Waals surface area contributed by atoms with Crippen molar-refractivity contribution in [3.05, 3.63) is 85.1 Å². The number of phosphoric ester groups is 1. The van der Waals surface area contributed by atoms with Gasteiger partial charge in [0, 0.05) is 12.8 Å². The van der Waals surface area contributed by atoms with Crippen molar-refractivity contribution < 1.29 is 42.1 Å². The van der Waals surface area contributed by atoms with Crippen LogP contribution in [0.2, 0.25) is 0 Å². The van der Waals surface area contributed by atoms with Gasteiger partial charge in [-0.2, -0.15) is 0 Å². The number of nitrogens with zero attached hydrogens (tertiary/aromatic N) is 1. The standard InChI is InChI=1S/C54H94NO8P/c1-6-8-10-12-14-16-18-20-21-22-23-24-25-26-27-28-29-30-31-32-33-35-37-39-41-43-45-47-54(57)63-52(51-62-64(58,59)61-49-48-55(3,4)5)50-60-53(56)46-44-42-40-38-36-34-19-17-15-13-11-9-7-2/h8,10,14,16,20-21,23-24,26-27,29-30,32-33,52H,6-7,9,11-13,15,17-19,22,25,28,31,34-51H2,1-5H3/p+1/b10-8-,16-14-,21-20-,24-23-,27-26-,30-29-,33-32-. The molecule has 1 N–H and O–H groups in total. The van der Waals surface area contributed by atoms with E-state index in [2.05, 4.69) is 98.9 Å². The first-order valence-electron chi connectivity index (χ1n) is 25.3. The molecule has 0 bridgehead atoms. The smallest absolute Gasteiger partial charge is 0.462 e. The molecule has 2 unspecified atom stereocenters. The summed E-state index contributed by atoms with van der Waals surface area (Å²) < 4.78 is 34.4. The minimum Gasteiger partial charge on any atom is -0.462 e. The average Bonchev–Trinajstić information content (AvgIpc) is 3.25. The minimum absolute atomic E-state index is 0.0243. The number of hydrogen-bond acceptors (Lipinski definition) is 7. The van der Waals surface area contributed by atoms with E-state index in [0.717, 1.165) is 96.3 Å². The van der Waals surface area contributed by atoms with Crippen LogP contribution in [-0.4, -0.2) is 74.9 Å². The number of phosphoric acid groups is 1. The number of quaternary nitrogens is 1. The molecule has 0 rings (SSSR count). The van der Waals surface area contributed by atoms with Crippen LogP contribution in [0, 0.1) is 0 Å². The van der Waals surface area contributed by atoms with Crippen LogP contribution in [0.1, 0.15) is 194 Å². The molecule has 0 aliphatic heterocycles. The molecule has 0 aliphatic carbocycles. The van der Waals surface area contributed by atoms with Crippen molar-refractivity contribution in [1.29, 1.82) is 0 Å². The van der Waals surface area contributed by atoms with Gasteiger partial charge in [-0.15, -0.1) is 0 Å². The summed E-state index contributed by atoms with van der Waals surface area (Å²) in [5, 5.41) is 0. The van der Waals surface area contributed by atoms with Gasteiger partial charge < -0.3 is 18.9 Å². The number of carbonyl (C=O) groups is 2. The molecule has 0 radical (unpaired) electrons. The molecule has 2 atom stereocenters. The average molecular weight is 917 g/mol. The molecule has 64 heavy (non-hydrogen) atoms. The highest BCUT2D eigenvalue weighted by molar-refractivity contribution is 7.47. The van der Waals surface area contributed by atoms with Gasteiger partial charge in [-0.25, -0.2) is 4.57 Å². The summed E-state index contributed by atoms with van der Waals surface area (Å²) >= 11 is 0. The van der Waals surface area contributed by atoms with Gasteiger partial charge in [-0.05, 0) is 70.6 Å². The molecule has 10 heteroatoms. The number of allylic oxidation sites excluding steroid dienone is 14. The predicted molar refractivity (Wildman–Crippen MR) is 270 cm³/mol. The Hall–Kier alpha value is -2.81. The van der Waals surface area contributed by atoms with E-state index >= 15 is 0 Å². The number of hydrogen-bond donors (Lipinski definition) is 1. The first-order valence-corrected chi connectivity index (χ1v) is 26.8. The fraction of sp³-hybridized carbons (Fsp3) is 0.704. The highest BCUT2D eigenvalue weighted by atomic mass is 31.2. The van der Waals surface area contributed by atoms with Crippen LogP contribution in [0.15, 0.2) is 85.1 Å². The van der Waals surface area contributed by atoms with Crippen LogP contribution in [0.25, 0.3) is 0 Å². The second-order valence-electron chi connectivity index (χ2n) is 17.8. The molecule has 368 valence electrons. The largest absolute Gasteiger partial charge is 0.472 e. The topological polar surface area (TPSA) is 108 Å². The number of esters is 2. The molecule has 0 amide bonds. The van der Waals surface area contributed by atoms with E-state index in [9.17, 15) is 19.0 Å². The third-order valence-corrected chi connectivity index (χ3v) is 11.4. The fourth-order valence-corrected chi connectivity index (χ4v) is 7.26. The lowest BCUT2D eigenvalue weighted by molar-refractivity contribution is -0.870. The summed E-state index contributed by atoms with van der Waals surface area (Å²) in [6.45, 7) is 4.28. The molecule has 0 aromatic heterocycles. The molecule has 0 fully saturated rings. The Kier molecular flexibility index (Phi) is 43.4. The Morgan fingerprint density at radius 2 is 0.891 bits per heavy atom. The van der Waals surface area contributed by atoms with Crippen molar-refractivity contribution in [1.82, 2.24) is 0 Å². The quantitative estimate of drug-likeness (QED) is 0.0212. The Bertz CT molecular complexity index is 1360. The molecule has 9 nitrogen and oxygen atoms in total. The first-order chi connectivity index (χ1) is 31.0. The summed E-state index contributed by atoms with van der Waals surface area (Å²) in [4.78, 5) is 35.5. The van der Waals surface area contributed by atoms with Crippen LogP contribution in [0.3, 0.4) is 0 Å². The molecule has 0 saturated carbocycles. The van der Waals surface area contributed by atoms with Gasteiger partial charge in [0.15, 0.2) is 6.10 Å². The number of carbonyl (C=O) groups excluding carboxylic acids is 2. The Balaban J connectivity index is 4.30. The zero-order chi connectivity index (χ0) is 47.1. The third kappa shape index (κ3) is 48.6. The van der Waals surface area contributed by atoms with Crippen molar-refractivity contribution in [2.75, 3.05) is 47.5 Å². The molecule has 0 saturated heterocycles. The molecule has 0 aromatic rings. The highest BCUT2D eigenvalue weighted by Gasteiger charge is 2.27. The normalized spacial score (nSPS) is 14.2. The van der Waals surface area contributed by atoms with Gasteiger partial charge in [0.2, 0.25) is 0 Å². The van der Waals surface area contributed by atoms with E-state index in [1.807, 2.05) is 21.1 Å². The van der Waals surface area contributed by atoms with E-state index in [1.165, 1.54) is 64.2 Å². The van der Waals surface area contributed by atoms with E-state index < -0.39 is 26.5 Å². The van der Waals surface area contributed by atoms with Crippen LogP contribution in [-0.2, 0) is 32.7 Å². The van der Waals surface area contributed by atoms with E-state index in [0.29, 0.717) is 17.4 Å². The number of ether oxygens (including phenoxy) is 2. The maximum atomic E-state index is 12.7. The van der Waals surface area contributed by atoms with E-state index in [-0.39, 0.29) is 32.0 Å². The predicted octanol–water partition coefficient (Wildman–Crippen LogP) is 15.1. The minimum atomic E-state index is -4.39. The Morgan fingerprint density at radius 3 is 1.33 bits per heavy atom. The zero-order valence-corrected chi connectivity index (χ0v) is 42.4. The van der Waals surface area contributed by atoms with Crippen LogP contribution < -0.4 is 0 Å². The second kappa shape index (κ2) is 45.4. The van der Waals surface area contributed by atoms with Crippen molar-refractivity contribution in [2.45, 2.75) is 200 Å². The lowest BCUT2D eigenvalue weighted by Crippen LogP contribution is -2.37. The van der Waals surface area contributed by atoms with Crippen LogP contribution in [0.5, 0.6) is 0 Å². The van der Waals surface area contributed by atoms with Crippen molar-refractivity contribution in [2.24, 2.45) is 0 Å². The van der Waals surface area contributed by atoms with E-state index in [1.54, 1.807) is 0 Å². The lowest BCUT2D eigenvalue weighted by Gasteiger charge is -2.24. The maximum absolute atomic E-state index is 12.7. The molecule has 0 spiro atoms. The fourth-order valence-electron chi connectivity index (χ4n) is 6.52. The monoisotopic (exact) mass is 917 g/mol. The molecular weight excluding hydrogens is 822 g/mol. The third-order valence-electron chi connectivity index (χ3n) is 10.4. The van der Waals surface area contributed by atoms with Crippen LogP contribution >= 0.6 is 7.82 Å². The Morgan fingerprint density at radius 1 is 0.500 bits per heavy atom. The van der Waals surface area contributed by atoms with Gasteiger partial charge in [0.25, 0.3) is 0 Å². The van der Waals surface area contributed by atoms with Gasteiger partial charge in [0.05, 0.1) is 27.7 Å². The maximum Gasteiger partial charge on any atom is 0.472 e. The van der Waals surface area contributed by atoms with Gasteiger partial charge >= 0.3 is 19.8 Å². The summed E-state index contributed by atoms with van der Waals surface area (Å²) in [6.07, 6.45) is 59.2. The van der Waals surface area contributed by atoms with Gasteiger partial charge in [0.1, 0.15) is 19.8 Å². The zero-order valence-electron chi connectivity index (χ0n) is 41.5. The van der Waals surface area contributed by atoms with Crippen molar-refractivity contribution in [3.8, 4) is 0 Å². The number of rotatable bonds is 45. The number of likely N-dealkylation sites (N-methyl/N-ethyl adjacent to an activating group) is 1. The summed E-state index contributed by atoms with van der Waals surface area (Å²) in [5.74, 6) is -0.823. The highest BCUT2D eigenvalue weighted by Crippen LogP contribution is 2.43. The number of unbranched alkanes of at least 4 members (excludes halogenated alkanes) is 17. The van der Waals surface area contributed by atoms with Gasteiger partial charge in [-0.3, -0.25) is 18.6 Å². The van der Waals surface area contributed by atoms with Crippen molar-refractivity contribution in [3.63, 3.8) is 0 Å². The second-order valence-corrected chi connectivity index (χ2v) is 19.3. The molecule has 0 heterocycles. The van der Waals surface area contributed by atoms with Crippen LogP contribution in [0.4, 0.5) is 0 Å². The summed E-state index contributed by atoms with van der Waals surface area (Å²) in [6, 6.07) is 0. The summed E-state index contributed by atoms with van der Waals surface area (Å²) in [7, 11) is 1.45. The molecule has 0 aromatic carbocycles. The summed E-state index contributed by atoms with van der Waals surface area (Å²) in [5.41, 5.74) is 0. The Labute approximate surface area is 392 Å². The van der Waals surface area contributed by atoms with Gasteiger partial charge in [-0.1, -0.05) is 195 Å². The first kappa shape index (κ1) is 61.2.